The van der Waals surface area contributed by atoms with Crippen molar-refractivity contribution < 1.29 is 0 Å². The van der Waals surface area contributed by atoms with Gasteiger partial charge in [-0.3, -0.25) is 0 Å². The molecule has 90 valence electrons. The lowest BCUT2D eigenvalue weighted by atomic mass is 9.72. The van der Waals surface area contributed by atoms with Gasteiger partial charge in [-0.25, -0.2) is 0 Å². The van der Waals surface area contributed by atoms with Gasteiger partial charge in [-0.1, -0.05) is 45.9 Å². The highest BCUT2D eigenvalue weighted by Gasteiger charge is 2.32. The molecule has 0 heterocycles. The summed E-state index contributed by atoms with van der Waals surface area (Å²) < 4.78 is 0. The van der Waals surface area contributed by atoms with E-state index in [4.69, 9.17) is 0 Å². The van der Waals surface area contributed by atoms with Gasteiger partial charge in [0.25, 0.3) is 0 Å². The van der Waals surface area contributed by atoms with Gasteiger partial charge in [0.05, 0.1) is 11.6 Å². The fourth-order valence-corrected chi connectivity index (χ4v) is 2.28. The molecule has 1 aromatic carbocycles. The van der Waals surface area contributed by atoms with E-state index in [0.29, 0.717) is 11.8 Å². The van der Waals surface area contributed by atoms with Crippen molar-refractivity contribution in [3.8, 4) is 6.07 Å². The second kappa shape index (κ2) is 4.18. The Morgan fingerprint density at radius 3 is 2.41 bits per heavy atom. The molecule has 0 saturated heterocycles. The number of hydrogen-bond donors (Lipinski definition) is 0. The van der Waals surface area contributed by atoms with Crippen LogP contribution in [-0.4, -0.2) is 0 Å². The van der Waals surface area contributed by atoms with Gasteiger partial charge in [-0.15, -0.1) is 0 Å². The van der Waals surface area contributed by atoms with Crippen molar-refractivity contribution in [1.29, 1.82) is 5.26 Å². The zero-order valence-corrected chi connectivity index (χ0v) is 11.2. The van der Waals surface area contributed by atoms with Crippen molar-refractivity contribution in [1.82, 2.24) is 0 Å². The average molecular weight is 227 g/mol. The largest absolute Gasteiger partial charge is 0.192 e. The van der Waals surface area contributed by atoms with Crippen LogP contribution in [-0.2, 0) is 5.41 Å². The lowest BCUT2D eigenvalue weighted by molar-refractivity contribution is 0.371. The maximum Gasteiger partial charge on any atom is 0.0997 e. The molecule has 0 N–H and O–H groups in total. The van der Waals surface area contributed by atoms with E-state index in [9.17, 15) is 5.26 Å². The Labute approximate surface area is 104 Å². The number of nitrogens with zero attached hydrogens (tertiary/aromatic N) is 1. The van der Waals surface area contributed by atoms with Crippen LogP contribution in [0.3, 0.4) is 0 Å². The fourth-order valence-electron chi connectivity index (χ4n) is 2.28. The van der Waals surface area contributed by atoms with Crippen LogP contribution < -0.4 is 0 Å². The predicted octanol–water partition coefficient (Wildman–Crippen LogP) is 4.37. The third kappa shape index (κ3) is 2.09. The smallest absolute Gasteiger partial charge is 0.0997 e. The predicted molar refractivity (Wildman–Crippen MR) is 71.0 cm³/mol. The summed E-state index contributed by atoms with van der Waals surface area (Å²) in [4.78, 5) is 0. The molecule has 1 heteroatoms. The first kappa shape index (κ1) is 12.2. The zero-order chi connectivity index (χ0) is 12.6. The molecular weight excluding hydrogens is 206 g/mol. The Kier molecular flexibility index (Phi) is 3.00. The van der Waals surface area contributed by atoms with Crippen LogP contribution in [0.25, 0.3) is 0 Å². The molecule has 2 rings (SSSR count). The van der Waals surface area contributed by atoms with Gasteiger partial charge in [-0.05, 0) is 41.2 Å². The maximum atomic E-state index is 9.47. The molecule has 0 aromatic heterocycles. The van der Waals surface area contributed by atoms with E-state index >= 15 is 0 Å². The van der Waals surface area contributed by atoms with Gasteiger partial charge >= 0.3 is 0 Å². The second-order valence-electron chi connectivity index (χ2n) is 6.03. The molecule has 0 amide bonds. The normalized spacial score (nSPS) is 16.0. The average Bonchev–Trinajstić information content (AvgIpc) is 3.11. The minimum atomic E-state index is 0.0654. The summed E-state index contributed by atoms with van der Waals surface area (Å²) in [5.74, 6) is 1.18. The zero-order valence-electron chi connectivity index (χ0n) is 11.2. The molecule has 17 heavy (non-hydrogen) atoms. The molecular formula is C16H21N. The summed E-state index contributed by atoms with van der Waals surface area (Å²) in [6, 6.07) is 8.83. The van der Waals surface area contributed by atoms with E-state index in [1.807, 2.05) is 0 Å². The number of benzene rings is 1. The number of nitriles is 1. The van der Waals surface area contributed by atoms with Crippen molar-refractivity contribution >= 4 is 0 Å². The van der Waals surface area contributed by atoms with E-state index in [0.717, 1.165) is 5.56 Å². The number of hydrogen-bond acceptors (Lipinski definition) is 1. The van der Waals surface area contributed by atoms with Crippen LogP contribution in [0.4, 0.5) is 0 Å². The first-order chi connectivity index (χ1) is 7.98. The molecule has 1 aliphatic carbocycles. The van der Waals surface area contributed by atoms with Crippen molar-refractivity contribution in [3.05, 3.63) is 34.9 Å². The van der Waals surface area contributed by atoms with Crippen LogP contribution in [0.1, 0.15) is 63.1 Å². The fraction of sp³-hybridized carbons (Fsp3) is 0.562. The standard InChI is InChI=1S/C16H21N/c1-11(2)16(3,4)15-7-5-6-13(12-8-9-12)14(15)10-17/h5-7,11-12H,8-9H2,1-4H3. The lowest BCUT2D eigenvalue weighted by Crippen LogP contribution is -2.26. The van der Waals surface area contributed by atoms with Crippen LogP contribution in [0.2, 0.25) is 0 Å². The Morgan fingerprint density at radius 2 is 1.94 bits per heavy atom. The third-order valence-corrected chi connectivity index (χ3v) is 4.36. The first-order valence-corrected chi connectivity index (χ1v) is 6.52. The summed E-state index contributed by atoms with van der Waals surface area (Å²) in [5.41, 5.74) is 3.50. The molecule has 0 radical (unpaired) electrons. The van der Waals surface area contributed by atoms with Crippen molar-refractivity contribution in [3.63, 3.8) is 0 Å². The quantitative estimate of drug-likeness (QED) is 0.752. The number of rotatable bonds is 3. The van der Waals surface area contributed by atoms with Crippen molar-refractivity contribution in [2.75, 3.05) is 0 Å². The molecule has 1 aromatic rings. The Morgan fingerprint density at radius 1 is 1.29 bits per heavy atom. The van der Waals surface area contributed by atoms with Crippen LogP contribution in [0.15, 0.2) is 18.2 Å². The molecule has 0 atom stereocenters. The monoisotopic (exact) mass is 227 g/mol. The summed E-state index contributed by atoms with van der Waals surface area (Å²) in [6.07, 6.45) is 2.50. The van der Waals surface area contributed by atoms with E-state index in [-0.39, 0.29) is 5.41 Å². The molecule has 0 unspecified atom stereocenters. The summed E-state index contributed by atoms with van der Waals surface area (Å²) >= 11 is 0. The van der Waals surface area contributed by atoms with Crippen LogP contribution in [0.5, 0.6) is 0 Å². The summed E-state index contributed by atoms with van der Waals surface area (Å²) in [7, 11) is 0. The van der Waals surface area contributed by atoms with Gasteiger partial charge in [0, 0.05) is 0 Å². The Bertz CT molecular complexity index is 459. The highest BCUT2D eigenvalue weighted by molar-refractivity contribution is 5.50. The minimum Gasteiger partial charge on any atom is -0.192 e. The molecule has 0 aliphatic heterocycles. The van der Waals surface area contributed by atoms with Gasteiger partial charge in [0.15, 0.2) is 0 Å². The van der Waals surface area contributed by atoms with Gasteiger partial charge in [0.2, 0.25) is 0 Å². The maximum absolute atomic E-state index is 9.47. The van der Waals surface area contributed by atoms with Crippen LogP contribution in [0, 0.1) is 17.2 Å². The molecule has 0 bridgehead atoms. The van der Waals surface area contributed by atoms with E-state index in [1.54, 1.807) is 0 Å². The summed E-state index contributed by atoms with van der Waals surface area (Å²) in [5, 5.41) is 9.47. The first-order valence-electron chi connectivity index (χ1n) is 6.52. The molecule has 1 nitrogen and oxygen atoms in total. The van der Waals surface area contributed by atoms with Crippen molar-refractivity contribution in [2.24, 2.45) is 5.92 Å². The van der Waals surface area contributed by atoms with E-state index in [1.165, 1.54) is 24.0 Å². The highest BCUT2D eigenvalue weighted by Crippen LogP contribution is 2.44. The van der Waals surface area contributed by atoms with E-state index < -0.39 is 0 Å². The topological polar surface area (TPSA) is 23.8 Å². The minimum absolute atomic E-state index is 0.0654. The Balaban J connectivity index is 2.55. The molecule has 0 spiro atoms. The Hall–Kier alpha value is -1.29. The highest BCUT2D eigenvalue weighted by atomic mass is 14.4. The SMILES string of the molecule is CC(C)C(C)(C)c1cccc(C2CC2)c1C#N. The molecule has 1 fully saturated rings. The van der Waals surface area contributed by atoms with E-state index in [2.05, 4.69) is 52.0 Å². The molecule has 1 saturated carbocycles. The van der Waals surface area contributed by atoms with Gasteiger partial charge < -0.3 is 0 Å². The van der Waals surface area contributed by atoms with Gasteiger partial charge in [0.1, 0.15) is 0 Å². The second-order valence-corrected chi connectivity index (χ2v) is 6.03. The van der Waals surface area contributed by atoms with Crippen molar-refractivity contribution in [2.45, 2.75) is 51.9 Å². The lowest BCUT2D eigenvalue weighted by Gasteiger charge is -2.31. The molecule has 1 aliphatic rings. The third-order valence-electron chi connectivity index (χ3n) is 4.36. The van der Waals surface area contributed by atoms with Gasteiger partial charge in [-0.2, -0.15) is 5.26 Å². The van der Waals surface area contributed by atoms with Crippen LogP contribution >= 0.6 is 0 Å². The summed E-state index contributed by atoms with van der Waals surface area (Å²) in [6.45, 7) is 8.94.